The van der Waals surface area contributed by atoms with Gasteiger partial charge in [-0.25, -0.2) is 0 Å². The molecular formula is C22H29NO3. The number of aliphatic carboxylic acids is 1. The Bertz CT molecular complexity index is 757. The number of carbonyl (C=O) groups is 1. The molecule has 0 atom stereocenters. The van der Waals surface area contributed by atoms with Crippen molar-refractivity contribution in [3.05, 3.63) is 51.7 Å². The maximum absolute atomic E-state index is 10.8. The first-order chi connectivity index (χ1) is 12.4. The van der Waals surface area contributed by atoms with Crippen LogP contribution in [-0.2, 0) is 11.2 Å². The van der Waals surface area contributed by atoms with Crippen LogP contribution in [0.4, 0.5) is 0 Å². The standard InChI is InChI=1S/C22H29NO3/c1-5-23-13-15(2)20-8-6-7-19(20)14-26-21-11-9-18(10-12-22(24)25)16(3)17(21)4/h5,9,11,13H,6-8,10,12,14H2,1-4H3,(H,24,25)/b15-13+,23-5-. The Morgan fingerprint density at radius 3 is 2.73 bits per heavy atom. The number of hydrogen-bond donors (Lipinski definition) is 1. The molecule has 0 saturated carbocycles. The smallest absolute Gasteiger partial charge is 0.303 e. The van der Waals surface area contributed by atoms with Gasteiger partial charge in [-0.15, -0.1) is 0 Å². The molecule has 0 aromatic heterocycles. The molecule has 0 fully saturated rings. The predicted molar refractivity (Wildman–Crippen MR) is 106 cm³/mol. The zero-order valence-corrected chi connectivity index (χ0v) is 16.3. The highest BCUT2D eigenvalue weighted by molar-refractivity contribution is 5.67. The Balaban J connectivity index is 2.11. The Labute approximate surface area is 156 Å². The first-order valence-corrected chi connectivity index (χ1v) is 9.23. The fraction of sp³-hybridized carbons (Fsp3) is 0.455. The molecule has 0 heterocycles. The van der Waals surface area contributed by atoms with E-state index in [0.29, 0.717) is 13.0 Å². The highest BCUT2D eigenvalue weighted by Gasteiger charge is 2.17. The summed E-state index contributed by atoms with van der Waals surface area (Å²) in [6.45, 7) is 8.71. The predicted octanol–water partition coefficient (Wildman–Crippen LogP) is 5.17. The van der Waals surface area contributed by atoms with Crippen LogP contribution in [0.25, 0.3) is 0 Å². The maximum atomic E-state index is 10.8. The molecule has 0 radical (unpaired) electrons. The normalized spacial score (nSPS) is 15.2. The van der Waals surface area contributed by atoms with Gasteiger partial charge in [-0.05, 0) is 92.9 Å². The van der Waals surface area contributed by atoms with Crippen molar-refractivity contribution in [3.8, 4) is 5.75 Å². The molecule has 1 aromatic rings. The number of carboxylic acids is 1. The van der Waals surface area contributed by atoms with E-state index in [0.717, 1.165) is 35.3 Å². The summed E-state index contributed by atoms with van der Waals surface area (Å²) >= 11 is 0. The molecular weight excluding hydrogens is 326 g/mol. The number of aliphatic imine (C=N–C) groups is 1. The lowest BCUT2D eigenvalue weighted by atomic mass is 9.99. The lowest BCUT2D eigenvalue weighted by Gasteiger charge is -2.15. The molecule has 4 heteroatoms. The molecule has 1 N–H and O–H groups in total. The summed E-state index contributed by atoms with van der Waals surface area (Å²) in [5, 5.41) is 8.88. The SMILES string of the molecule is C/C=N\C=C(/C)C1=C(COc2ccc(CCC(=O)O)c(C)c2C)CCC1. The summed E-state index contributed by atoms with van der Waals surface area (Å²) < 4.78 is 6.13. The number of nitrogens with zero attached hydrogens (tertiary/aromatic N) is 1. The summed E-state index contributed by atoms with van der Waals surface area (Å²) in [5.74, 6) is 0.118. The number of ether oxygens (including phenoxy) is 1. The zero-order valence-electron chi connectivity index (χ0n) is 16.3. The molecule has 1 aliphatic rings. The molecule has 1 aromatic carbocycles. The van der Waals surface area contributed by atoms with Crippen LogP contribution in [0.15, 0.2) is 40.0 Å². The number of allylic oxidation sites excluding steroid dienone is 2. The molecule has 0 amide bonds. The number of rotatable bonds is 8. The van der Waals surface area contributed by atoms with E-state index < -0.39 is 5.97 Å². The average molecular weight is 355 g/mol. The quantitative estimate of drug-likeness (QED) is 0.654. The van der Waals surface area contributed by atoms with Crippen molar-refractivity contribution in [2.24, 2.45) is 4.99 Å². The highest BCUT2D eigenvalue weighted by Crippen LogP contribution is 2.32. The van der Waals surface area contributed by atoms with Gasteiger partial charge in [0.25, 0.3) is 0 Å². The van der Waals surface area contributed by atoms with E-state index in [9.17, 15) is 4.79 Å². The van der Waals surface area contributed by atoms with Crippen LogP contribution in [0.5, 0.6) is 5.75 Å². The Morgan fingerprint density at radius 1 is 1.27 bits per heavy atom. The topological polar surface area (TPSA) is 58.9 Å². The molecule has 0 saturated heterocycles. The van der Waals surface area contributed by atoms with Crippen molar-refractivity contribution in [1.82, 2.24) is 0 Å². The minimum atomic E-state index is -0.765. The lowest BCUT2D eigenvalue weighted by molar-refractivity contribution is -0.136. The fourth-order valence-electron chi connectivity index (χ4n) is 3.39. The highest BCUT2D eigenvalue weighted by atomic mass is 16.5. The third kappa shape index (κ3) is 5.07. The Hall–Kier alpha value is -2.36. The van der Waals surface area contributed by atoms with E-state index in [2.05, 4.69) is 11.9 Å². The second kappa shape index (κ2) is 9.37. The summed E-state index contributed by atoms with van der Waals surface area (Å²) in [4.78, 5) is 15.0. The summed E-state index contributed by atoms with van der Waals surface area (Å²) in [7, 11) is 0. The van der Waals surface area contributed by atoms with Crippen molar-refractivity contribution in [2.75, 3.05) is 6.61 Å². The van der Waals surface area contributed by atoms with Gasteiger partial charge in [-0.3, -0.25) is 9.79 Å². The van der Waals surface area contributed by atoms with Crippen LogP contribution >= 0.6 is 0 Å². The van der Waals surface area contributed by atoms with Gasteiger partial charge in [0.1, 0.15) is 12.4 Å². The Kier molecular flexibility index (Phi) is 7.19. The number of benzene rings is 1. The van der Waals surface area contributed by atoms with Gasteiger partial charge in [-0.1, -0.05) is 6.07 Å². The second-order valence-corrected chi connectivity index (χ2v) is 6.81. The first-order valence-electron chi connectivity index (χ1n) is 9.23. The van der Waals surface area contributed by atoms with E-state index in [-0.39, 0.29) is 6.42 Å². The molecule has 2 rings (SSSR count). The molecule has 0 spiro atoms. The molecule has 0 aliphatic heterocycles. The van der Waals surface area contributed by atoms with Gasteiger partial charge in [0.15, 0.2) is 0 Å². The third-order valence-corrected chi connectivity index (χ3v) is 5.09. The third-order valence-electron chi connectivity index (χ3n) is 5.09. The van der Waals surface area contributed by atoms with Crippen molar-refractivity contribution in [3.63, 3.8) is 0 Å². The summed E-state index contributed by atoms with van der Waals surface area (Å²) in [5.41, 5.74) is 7.25. The minimum absolute atomic E-state index is 0.155. The van der Waals surface area contributed by atoms with Gasteiger partial charge in [0.05, 0.1) is 0 Å². The minimum Gasteiger partial charge on any atom is -0.489 e. The van der Waals surface area contributed by atoms with E-state index >= 15 is 0 Å². The van der Waals surface area contributed by atoms with Crippen LogP contribution in [0.1, 0.15) is 56.2 Å². The number of carboxylic acid groups (broad SMARTS) is 1. The largest absolute Gasteiger partial charge is 0.489 e. The van der Waals surface area contributed by atoms with Crippen LogP contribution < -0.4 is 4.74 Å². The average Bonchev–Trinajstić information content (AvgIpc) is 3.08. The van der Waals surface area contributed by atoms with Crippen molar-refractivity contribution >= 4 is 12.2 Å². The van der Waals surface area contributed by atoms with E-state index in [1.807, 2.05) is 39.1 Å². The summed E-state index contributed by atoms with van der Waals surface area (Å²) in [6.07, 6.45) is 7.77. The maximum Gasteiger partial charge on any atom is 0.303 e. The van der Waals surface area contributed by atoms with Crippen LogP contribution in [-0.4, -0.2) is 23.9 Å². The zero-order chi connectivity index (χ0) is 19.1. The lowest BCUT2D eigenvalue weighted by Crippen LogP contribution is -2.05. The van der Waals surface area contributed by atoms with Gasteiger partial charge in [0.2, 0.25) is 0 Å². The van der Waals surface area contributed by atoms with Gasteiger partial charge >= 0.3 is 5.97 Å². The van der Waals surface area contributed by atoms with Gasteiger partial charge in [-0.2, -0.15) is 0 Å². The molecule has 0 bridgehead atoms. The van der Waals surface area contributed by atoms with Crippen LogP contribution in [0, 0.1) is 13.8 Å². The number of aryl methyl sites for hydroxylation is 1. The van der Waals surface area contributed by atoms with Gasteiger partial charge < -0.3 is 9.84 Å². The van der Waals surface area contributed by atoms with E-state index in [1.165, 1.54) is 23.1 Å². The molecule has 140 valence electrons. The van der Waals surface area contributed by atoms with Crippen molar-refractivity contribution < 1.29 is 14.6 Å². The summed E-state index contributed by atoms with van der Waals surface area (Å²) in [6, 6.07) is 3.96. The monoisotopic (exact) mass is 355 g/mol. The second-order valence-electron chi connectivity index (χ2n) is 6.81. The fourth-order valence-corrected chi connectivity index (χ4v) is 3.39. The van der Waals surface area contributed by atoms with E-state index in [1.54, 1.807) is 6.21 Å². The molecule has 26 heavy (non-hydrogen) atoms. The first kappa shape index (κ1) is 20.0. The molecule has 4 nitrogen and oxygen atoms in total. The molecule has 1 aliphatic carbocycles. The van der Waals surface area contributed by atoms with Crippen molar-refractivity contribution in [2.45, 2.75) is 59.8 Å². The van der Waals surface area contributed by atoms with E-state index in [4.69, 9.17) is 9.84 Å². The molecule has 0 unspecified atom stereocenters. The van der Waals surface area contributed by atoms with Gasteiger partial charge in [0, 0.05) is 18.8 Å². The van der Waals surface area contributed by atoms with Crippen LogP contribution in [0.3, 0.4) is 0 Å². The number of hydrogen-bond acceptors (Lipinski definition) is 3. The Morgan fingerprint density at radius 2 is 2.04 bits per heavy atom. The van der Waals surface area contributed by atoms with Crippen LogP contribution in [0.2, 0.25) is 0 Å². The van der Waals surface area contributed by atoms with Crippen molar-refractivity contribution in [1.29, 1.82) is 0 Å².